The Morgan fingerprint density at radius 2 is 1.91 bits per heavy atom. The highest BCUT2D eigenvalue weighted by molar-refractivity contribution is 5.87. The number of hydrogen-bond donors (Lipinski definition) is 0. The van der Waals surface area contributed by atoms with Crippen molar-refractivity contribution in [2.45, 2.75) is 51.4 Å². The van der Waals surface area contributed by atoms with Crippen LogP contribution in [0, 0.1) is 23.2 Å². The van der Waals surface area contributed by atoms with Gasteiger partial charge in [0, 0.05) is 26.2 Å². The lowest BCUT2D eigenvalue weighted by atomic mass is 9.80. The highest BCUT2D eigenvalue weighted by Gasteiger charge is 2.32. The first-order valence-corrected chi connectivity index (χ1v) is 13.0. The third-order valence-electron chi connectivity index (χ3n) is 7.36. The molecule has 2 amide bonds. The van der Waals surface area contributed by atoms with E-state index in [-0.39, 0.29) is 11.7 Å². The molecule has 2 atom stereocenters. The van der Waals surface area contributed by atoms with Crippen LogP contribution >= 0.6 is 0 Å². The number of aliphatic imine (C=N–C) groups is 1. The van der Waals surface area contributed by atoms with Gasteiger partial charge in [0.05, 0.1) is 11.9 Å². The zero-order chi connectivity index (χ0) is 25.2. The van der Waals surface area contributed by atoms with Crippen LogP contribution in [0.5, 0.6) is 0 Å². The normalized spacial score (nSPS) is 22.8. The van der Waals surface area contributed by atoms with Crippen LogP contribution in [0.4, 0.5) is 4.79 Å². The number of amides is 2. The quantitative estimate of drug-likeness (QED) is 0.360. The molecule has 1 aromatic carbocycles. The van der Waals surface area contributed by atoms with Gasteiger partial charge in [-0.2, -0.15) is 5.26 Å². The summed E-state index contributed by atoms with van der Waals surface area (Å²) in [5.41, 5.74) is 2.26. The maximum Gasteiger partial charge on any atom is 0.324 e. The minimum absolute atomic E-state index is 0.0563. The number of hydrogen-bond acceptors (Lipinski definition) is 4. The molecule has 2 aliphatic rings. The van der Waals surface area contributed by atoms with E-state index in [1.54, 1.807) is 6.21 Å². The summed E-state index contributed by atoms with van der Waals surface area (Å²) in [7, 11) is 4.29. The van der Waals surface area contributed by atoms with Crippen LogP contribution in [-0.4, -0.2) is 67.2 Å². The molecule has 1 heterocycles. The van der Waals surface area contributed by atoms with Gasteiger partial charge in [-0.15, -0.1) is 0 Å². The van der Waals surface area contributed by atoms with Gasteiger partial charge in [-0.05, 0) is 76.4 Å². The molecule has 0 bridgehead atoms. The Balaban J connectivity index is 1.91. The van der Waals surface area contributed by atoms with E-state index in [9.17, 15) is 4.79 Å². The zero-order valence-corrected chi connectivity index (χ0v) is 21.7. The Morgan fingerprint density at radius 1 is 1.17 bits per heavy atom. The molecule has 0 spiro atoms. The number of allylic oxidation sites excluding steroid dienone is 3. The van der Waals surface area contributed by atoms with Crippen molar-refractivity contribution in [2.75, 3.05) is 40.3 Å². The average molecular weight is 476 g/mol. The van der Waals surface area contributed by atoms with Crippen LogP contribution in [0.1, 0.15) is 56.9 Å². The molecule has 1 aromatic rings. The number of benzene rings is 1. The zero-order valence-electron chi connectivity index (χ0n) is 21.7. The molecule has 1 aliphatic carbocycles. The number of carbonyl (C=O) groups is 1. The first kappa shape index (κ1) is 26.7. The van der Waals surface area contributed by atoms with E-state index in [0.717, 1.165) is 44.6 Å². The van der Waals surface area contributed by atoms with Gasteiger partial charge >= 0.3 is 6.03 Å². The maximum atomic E-state index is 13.9. The second-order valence-corrected chi connectivity index (χ2v) is 10.2. The summed E-state index contributed by atoms with van der Waals surface area (Å²) in [4.78, 5) is 24.3. The molecule has 35 heavy (non-hydrogen) atoms. The standard InChI is InChI=1S/C29H41N5O/c1-5-27(20-31-23(2)19-30)34-17-10-15-28(25-13-7-6-8-14-25)26(22-32(3)4)16-18-33(29(34)35)21-24-11-9-12-24/h5-8,13-14,20,24,26,28H,2,9-12,15-18,21-22H2,1,3-4H3/b27-5+,31-20-/t26?,28-/m1/s1. The van der Waals surface area contributed by atoms with E-state index in [4.69, 9.17) is 5.26 Å². The minimum Gasteiger partial charge on any atom is -0.324 e. The van der Waals surface area contributed by atoms with Crippen molar-refractivity contribution in [1.82, 2.24) is 14.7 Å². The van der Waals surface area contributed by atoms with Gasteiger partial charge in [0.2, 0.25) is 0 Å². The summed E-state index contributed by atoms with van der Waals surface area (Å²) < 4.78 is 0. The SMILES string of the molecule is C=C(C#N)/N=C\C(=C/C)N1CCC[C@H](c2ccccc2)C(CN(C)C)CCN(CC2CCC2)C1=O. The van der Waals surface area contributed by atoms with Crippen LogP contribution in [0.15, 0.2) is 59.4 Å². The van der Waals surface area contributed by atoms with Crippen LogP contribution in [-0.2, 0) is 0 Å². The maximum absolute atomic E-state index is 13.9. The molecule has 1 saturated heterocycles. The summed E-state index contributed by atoms with van der Waals surface area (Å²) in [5.74, 6) is 1.53. The van der Waals surface area contributed by atoms with Crippen molar-refractivity contribution < 1.29 is 4.79 Å². The summed E-state index contributed by atoms with van der Waals surface area (Å²) >= 11 is 0. The lowest BCUT2D eigenvalue weighted by molar-refractivity contribution is 0.129. The smallest absolute Gasteiger partial charge is 0.324 e. The van der Waals surface area contributed by atoms with E-state index in [1.807, 2.05) is 24.0 Å². The summed E-state index contributed by atoms with van der Waals surface area (Å²) in [5, 5.41) is 9.06. The first-order valence-electron chi connectivity index (χ1n) is 13.0. The van der Waals surface area contributed by atoms with Gasteiger partial charge in [0.15, 0.2) is 0 Å². The fraction of sp³-hybridized carbons (Fsp3) is 0.552. The van der Waals surface area contributed by atoms with Crippen molar-refractivity contribution >= 4 is 12.2 Å². The lowest BCUT2D eigenvalue weighted by Gasteiger charge is -2.39. The highest BCUT2D eigenvalue weighted by atomic mass is 16.2. The predicted molar refractivity (Wildman–Crippen MR) is 143 cm³/mol. The largest absolute Gasteiger partial charge is 0.324 e. The van der Waals surface area contributed by atoms with Gasteiger partial charge in [-0.3, -0.25) is 4.90 Å². The molecular weight excluding hydrogens is 434 g/mol. The molecule has 0 radical (unpaired) electrons. The molecule has 6 heteroatoms. The fourth-order valence-electron chi connectivity index (χ4n) is 5.29. The highest BCUT2D eigenvalue weighted by Crippen LogP contribution is 2.34. The van der Waals surface area contributed by atoms with E-state index < -0.39 is 0 Å². The minimum atomic E-state index is 0.0563. The Kier molecular flexibility index (Phi) is 10.1. The second-order valence-electron chi connectivity index (χ2n) is 10.2. The topological polar surface area (TPSA) is 62.9 Å². The number of urea groups is 1. The Hall–Kier alpha value is -2.91. The summed E-state index contributed by atoms with van der Waals surface area (Å²) in [6.45, 7) is 8.78. The van der Waals surface area contributed by atoms with E-state index in [2.05, 4.69) is 65.8 Å². The van der Waals surface area contributed by atoms with Crippen LogP contribution in [0.2, 0.25) is 0 Å². The van der Waals surface area contributed by atoms with E-state index >= 15 is 0 Å². The molecular formula is C29H41N5O. The van der Waals surface area contributed by atoms with Gasteiger partial charge in [0.25, 0.3) is 0 Å². The molecule has 1 saturated carbocycles. The van der Waals surface area contributed by atoms with Crippen molar-refractivity contribution in [2.24, 2.45) is 16.8 Å². The van der Waals surface area contributed by atoms with Crippen LogP contribution < -0.4 is 0 Å². The van der Waals surface area contributed by atoms with Gasteiger partial charge in [0.1, 0.15) is 11.8 Å². The lowest BCUT2D eigenvalue weighted by Crippen LogP contribution is -2.48. The number of rotatable bonds is 8. The molecule has 2 fully saturated rings. The molecule has 1 aliphatic heterocycles. The van der Waals surface area contributed by atoms with Gasteiger partial charge < -0.3 is 9.80 Å². The fourth-order valence-corrected chi connectivity index (χ4v) is 5.29. The average Bonchev–Trinajstić information content (AvgIpc) is 2.83. The Labute approximate surface area is 211 Å². The second kappa shape index (κ2) is 13.3. The predicted octanol–water partition coefficient (Wildman–Crippen LogP) is 5.67. The van der Waals surface area contributed by atoms with E-state index in [1.165, 1.54) is 24.8 Å². The summed E-state index contributed by atoms with van der Waals surface area (Å²) in [6, 6.07) is 12.9. The van der Waals surface area contributed by atoms with Gasteiger partial charge in [-0.25, -0.2) is 9.79 Å². The van der Waals surface area contributed by atoms with Gasteiger partial charge in [-0.1, -0.05) is 49.4 Å². The third-order valence-corrected chi connectivity index (χ3v) is 7.36. The molecule has 0 aromatic heterocycles. The van der Waals surface area contributed by atoms with Crippen molar-refractivity contribution in [1.29, 1.82) is 5.26 Å². The Morgan fingerprint density at radius 3 is 2.51 bits per heavy atom. The molecule has 0 N–H and O–H groups in total. The number of nitrogens with zero attached hydrogens (tertiary/aromatic N) is 5. The van der Waals surface area contributed by atoms with Crippen molar-refractivity contribution in [3.8, 4) is 6.07 Å². The van der Waals surface area contributed by atoms with Crippen molar-refractivity contribution in [3.05, 3.63) is 59.9 Å². The number of nitriles is 1. The Bertz CT molecular complexity index is 942. The monoisotopic (exact) mass is 475 g/mol. The molecule has 3 rings (SSSR count). The van der Waals surface area contributed by atoms with Crippen LogP contribution in [0.25, 0.3) is 0 Å². The van der Waals surface area contributed by atoms with E-state index in [0.29, 0.717) is 24.3 Å². The summed E-state index contributed by atoms with van der Waals surface area (Å²) in [6.07, 6.45) is 10.1. The molecule has 1 unspecified atom stereocenters. The molecule has 188 valence electrons. The number of carbonyl (C=O) groups excluding carboxylic acids is 1. The first-order chi connectivity index (χ1) is 16.9. The van der Waals surface area contributed by atoms with Crippen molar-refractivity contribution in [3.63, 3.8) is 0 Å². The third kappa shape index (κ3) is 7.53. The molecule has 6 nitrogen and oxygen atoms in total. The van der Waals surface area contributed by atoms with Crippen LogP contribution in [0.3, 0.4) is 0 Å².